The van der Waals surface area contributed by atoms with Crippen LogP contribution < -0.4 is 23.8 Å². The van der Waals surface area contributed by atoms with Crippen molar-refractivity contribution in [3.63, 3.8) is 0 Å². The van der Waals surface area contributed by atoms with E-state index in [9.17, 15) is 13.2 Å². The molecule has 0 spiro atoms. The zero-order valence-corrected chi connectivity index (χ0v) is 19.0. The molecule has 33 heavy (non-hydrogen) atoms. The third-order valence-electron chi connectivity index (χ3n) is 4.97. The van der Waals surface area contributed by atoms with Gasteiger partial charge >= 0.3 is 0 Å². The minimum absolute atomic E-state index is 0.316. The highest BCUT2D eigenvalue weighted by Gasteiger charge is 2.30. The van der Waals surface area contributed by atoms with Gasteiger partial charge < -0.3 is 19.5 Å². The fourth-order valence-corrected chi connectivity index (χ4v) is 4.62. The highest BCUT2D eigenvalue weighted by Crippen LogP contribution is 2.35. The van der Waals surface area contributed by atoms with Crippen LogP contribution >= 0.6 is 0 Å². The lowest BCUT2D eigenvalue weighted by atomic mass is 10.2. The lowest BCUT2D eigenvalue weighted by Gasteiger charge is -2.29. The van der Waals surface area contributed by atoms with Crippen LogP contribution in [0.3, 0.4) is 0 Å². The summed E-state index contributed by atoms with van der Waals surface area (Å²) in [5.74, 6) is 1.81. The van der Waals surface area contributed by atoms with Crippen molar-refractivity contribution >= 4 is 27.3 Å². The van der Waals surface area contributed by atoms with Gasteiger partial charge in [-0.2, -0.15) is 0 Å². The third-order valence-corrected chi connectivity index (χ3v) is 6.21. The van der Waals surface area contributed by atoms with E-state index in [2.05, 4.69) is 5.32 Å². The maximum Gasteiger partial charge on any atom is 0.247 e. The number of carbonyl (C=O) groups is 1. The lowest BCUT2D eigenvalue weighted by Crippen LogP contribution is -2.45. The number of hydrogen-bond donors (Lipinski definition) is 1. The van der Waals surface area contributed by atoms with Gasteiger partial charge in [-0.25, -0.2) is 8.42 Å². The minimum Gasteiger partial charge on any atom is -0.486 e. The summed E-state index contributed by atoms with van der Waals surface area (Å²) in [7, 11) is -3.77. The Kier molecular flexibility index (Phi) is 6.41. The molecule has 0 bridgehead atoms. The van der Waals surface area contributed by atoms with Gasteiger partial charge in [0.15, 0.2) is 11.5 Å². The number of nitrogens with zero attached hydrogens (tertiary/aromatic N) is 1. The highest BCUT2D eigenvalue weighted by atomic mass is 32.2. The molecule has 0 saturated carbocycles. The van der Waals surface area contributed by atoms with E-state index < -0.39 is 22.0 Å². The molecular formula is C24H24N2O6S. The van der Waals surface area contributed by atoms with Crippen LogP contribution in [0.15, 0.2) is 72.8 Å². The van der Waals surface area contributed by atoms with Crippen molar-refractivity contribution in [3.05, 3.63) is 72.8 Å². The molecule has 1 aliphatic rings. The van der Waals surface area contributed by atoms with Crippen LogP contribution in [0, 0.1) is 0 Å². The molecule has 0 aromatic heterocycles. The molecule has 1 atom stereocenters. The van der Waals surface area contributed by atoms with Crippen LogP contribution in [0.25, 0.3) is 0 Å². The highest BCUT2D eigenvalue weighted by molar-refractivity contribution is 7.92. The van der Waals surface area contributed by atoms with Gasteiger partial charge in [0.05, 0.1) is 11.9 Å². The van der Waals surface area contributed by atoms with E-state index in [1.807, 2.05) is 30.3 Å². The van der Waals surface area contributed by atoms with E-state index in [1.165, 1.54) is 6.92 Å². The monoisotopic (exact) mass is 468 g/mol. The number of sulfonamides is 1. The predicted octanol–water partition coefficient (Wildman–Crippen LogP) is 4.04. The first-order chi connectivity index (χ1) is 15.8. The van der Waals surface area contributed by atoms with Crippen LogP contribution in [-0.2, 0) is 14.8 Å². The summed E-state index contributed by atoms with van der Waals surface area (Å²) in [6, 6.07) is 20.0. The Balaban J connectivity index is 1.49. The zero-order chi connectivity index (χ0) is 23.4. The largest absolute Gasteiger partial charge is 0.486 e. The number of nitrogens with one attached hydrogen (secondary N) is 1. The Morgan fingerprint density at radius 2 is 1.58 bits per heavy atom. The summed E-state index contributed by atoms with van der Waals surface area (Å²) >= 11 is 0. The second-order valence-electron chi connectivity index (χ2n) is 7.49. The quantitative estimate of drug-likeness (QED) is 0.562. The second kappa shape index (κ2) is 9.41. The average molecular weight is 469 g/mol. The topological polar surface area (TPSA) is 94.2 Å². The molecule has 3 aromatic carbocycles. The molecule has 1 N–H and O–H groups in total. The molecule has 0 fully saturated rings. The molecule has 4 rings (SSSR count). The first-order valence-electron chi connectivity index (χ1n) is 10.3. The predicted molar refractivity (Wildman–Crippen MR) is 126 cm³/mol. The number of rotatable bonds is 7. The smallest absolute Gasteiger partial charge is 0.247 e. The van der Waals surface area contributed by atoms with Gasteiger partial charge in [-0.3, -0.25) is 9.10 Å². The summed E-state index contributed by atoms with van der Waals surface area (Å²) in [5, 5.41) is 2.76. The molecule has 1 heterocycles. The number of benzene rings is 3. The van der Waals surface area contributed by atoms with Gasteiger partial charge in [0.1, 0.15) is 30.8 Å². The maximum atomic E-state index is 12.9. The molecular weight excluding hydrogens is 444 g/mol. The van der Waals surface area contributed by atoms with E-state index in [-0.39, 0.29) is 0 Å². The van der Waals surface area contributed by atoms with Crippen molar-refractivity contribution in [2.45, 2.75) is 13.0 Å². The van der Waals surface area contributed by atoms with E-state index in [0.29, 0.717) is 47.6 Å². The number of carbonyl (C=O) groups excluding carboxylic acids is 1. The van der Waals surface area contributed by atoms with Crippen molar-refractivity contribution in [3.8, 4) is 23.0 Å². The summed E-state index contributed by atoms with van der Waals surface area (Å²) in [5.41, 5.74) is 0.832. The molecule has 1 amide bonds. The number of hydrogen-bond acceptors (Lipinski definition) is 6. The average Bonchev–Trinajstić information content (AvgIpc) is 2.80. The van der Waals surface area contributed by atoms with Gasteiger partial charge in [0, 0.05) is 11.8 Å². The second-order valence-corrected chi connectivity index (χ2v) is 9.35. The van der Waals surface area contributed by atoms with Crippen LogP contribution in [0.1, 0.15) is 6.92 Å². The van der Waals surface area contributed by atoms with E-state index >= 15 is 0 Å². The molecule has 0 saturated heterocycles. The minimum atomic E-state index is -3.77. The first kappa shape index (κ1) is 22.5. The Morgan fingerprint density at radius 1 is 0.939 bits per heavy atom. The van der Waals surface area contributed by atoms with Gasteiger partial charge in [0.2, 0.25) is 15.9 Å². The van der Waals surface area contributed by atoms with Crippen LogP contribution in [-0.4, -0.2) is 39.8 Å². The Bertz CT molecular complexity index is 1230. The normalized spacial score (nSPS) is 13.6. The van der Waals surface area contributed by atoms with Gasteiger partial charge in [-0.1, -0.05) is 18.2 Å². The van der Waals surface area contributed by atoms with Crippen LogP contribution in [0.5, 0.6) is 23.0 Å². The van der Waals surface area contributed by atoms with Crippen LogP contribution in [0.4, 0.5) is 11.4 Å². The van der Waals surface area contributed by atoms with Gasteiger partial charge in [-0.15, -0.1) is 0 Å². The van der Waals surface area contributed by atoms with E-state index in [1.54, 1.807) is 42.5 Å². The van der Waals surface area contributed by atoms with Crippen molar-refractivity contribution < 1.29 is 27.4 Å². The third kappa shape index (κ3) is 5.38. The summed E-state index contributed by atoms with van der Waals surface area (Å²) in [4.78, 5) is 12.9. The van der Waals surface area contributed by atoms with Crippen molar-refractivity contribution in [2.75, 3.05) is 29.1 Å². The van der Waals surface area contributed by atoms with Crippen molar-refractivity contribution in [2.24, 2.45) is 0 Å². The Labute approximate surface area is 192 Å². The number of fused-ring (bicyclic) bond motifs is 1. The maximum absolute atomic E-state index is 12.9. The standard InChI is InChI=1S/C24H24N2O6S/c1-17(26(33(2,28)29)19-10-13-22-23(16-19)31-15-14-30-22)24(27)25-18-8-11-21(12-9-18)32-20-6-4-3-5-7-20/h3-13,16-17H,14-15H2,1-2H3,(H,25,27)/t17-/m0/s1. The van der Waals surface area contributed by atoms with Crippen LogP contribution in [0.2, 0.25) is 0 Å². The van der Waals surface area contributed by atoms with Crippen molar-refractivity contribution in [1.82, 2.24) is 0 Å². The molecule has 0 aliphatic carbocycles. The zero-order valence-electron chi connectivity index (χ0n) is 18.2. The first-order valence-corrected chi connectivity index (χ1v) is 12.2. The van der Waals surface area contributed by atoms with Crippen molar-refractivity contribution in [1.29, 1.82) is 0 Å². The lowest BCUT2D eigenvalue weighted by molar-refractivity contribution is -0.116. The fraction of sp³-hybridized carbons (Fsp3) is 0.208. The fourth-order valence-electron chi connectivity index (χ4n) is 3.46. The Morgan fingerprint density at radius 3 is 2.24 bits per heavy atom. The van der Waals surface area contributed by atoms with Gasteiger partial charge in [-0.05, 0) is 55.5 Å². The number of anilines is 2. The SMILES string of the molecule is C[C@@H](C(=O)Nc1ccc(Oc2ccccc2)cc1)N(c1ccc2c(c1)OCCO2)S(C)(=O)=O. The molecule has 0 radical (unpaired) electrons. The molecule has 3 aromatic rings. The summed E-state index contributed by atoms with van der Waals surface area (Å²) < 4.78 is 43.0. The summed E-state index contributed by atoms with van der Waals surface area (Å²) in [6.45, 7) is 2.32. The molecule has 172 valence electrons. The Hall–Kier alpha value is -3.72. The number of para-hydroxylation sites is 1. The number of ether oxygens (including phenoxy) is 3. The molecule has 0 unspecified atom stereocenters. The molecule has 1 aliphatic heterocycles. The number of amides is 1. The van der Waals surface area contributed by atoms with Gasteiger partial charge in [0.25, 0.3) is 0 Å². The van der Waals surface area contributed by atoms with E-state index in [4.69, 9.17) is 14.2 Å². The van der Waals surface area contributed by atoms with E-state index in [0.717, 1.165) is 10.6 Å². The molecule has 9 heteroatoms. The molecule has 8 nitrogen and oxygen atoms in total. The summed E-state index contributed by atoms with van der Waals surface area (Å²) in [6.07, 6.45) is 1.06.